The minimum absolute atomic E-state index is 0.238. The van der Waals surface area contributed by atoms with E-state index in [2.05, 4.69) is 13.8 Å². The third kappa shape index (κ3) is 12.0. The molecular formula is C41H49ClO7S. The van der Waals surface area contributed by atoms with Crippen LogP contribution in [0.5, 0.6) is 11.5 Å². The molecule has 268 valence electrons. The molecule has 0 N–H and O–H groups in total. The average molecular weight is 721 g/mol. The molecule has 7 nitrogen and oxygen atoms in total. The molecule has 0 aliphatic heterocycles. The maximum Gasteiger partial charge on any atom is 0.355 e. The van der Waals surface area contributed by atoms with Gasteiger partial charge in [-0.1, -0.05) is 114 Å². The Morgan fingerprint density at radius 1 is 0.660 bits per heavy atom. The smallest absolute Gasteiger partial charge is 0.355 e. The van der Waals surface area contributed by atoms with Gasteiger partial charge in [-0.3, -0.25) is 0 Å². The van der Waals surface area contributed by atoms with Gasteiger partial charge in [0.1, 0.15) is 16.4 Å². The van der Waals surface area contributed by atoms with E-state index in [-0.39, 0.29) is 15.9 Å². The lowest BCUT2D eigenvalue weighted by atomic mass is 10.0. The van der Waals surface area contributed by atoms with Gasteiger partial charge in [-0.05, 0) is 73.4 Å². The molecule has 0 saturated heterocycles. The molecule has 4 aromatic rings. The second kappa shape index (κ2) is 20.8. The molecule has 1 atom stereocenters. The molecule has 0 aliphatic rings. The Morgan fingerprint density at radius 3 is 1.86 bits per heavy atom. The summed E-state index contributed by atoms with van der Waals surface area (Å²) in [5, 5.41) is 0.835. The number of thiophene rings is 1. The summed E-state index contributed by atoms with van der Waals surface area (Å²) < 4.78 is 23.1. The van der Waals surface area contributed by atoms with Crippen LogP contribution in [0.1, 0.15) is 118 Å². The zero-order valence-corrected chi connectivity index (χ0v) is 31.0. The molecule has 3 aromatic carbocycles. The van der Waals surface area contributed by atoms with Crippen LogP contribution >= 0.6 is 22.9 Å². The quantitative estimate of drug-likeness (QED) is 0.0481. The van der Waals surface area contributed by atoms with Gasteiger partial charge in [-0.2, -0.15) is 0 Å². The molecule has 1 heterocycles. The van der Waals surface area contributed by atoms with Gasteiger partial charge in [0, 0.05) is 16.7 Å². The molecule has 0 amide bonds. The predicted octanol–water partition coefficient (Wildman–Crippen LogP) is 11.6. The van der Waals surface area contributed by atoms with Crippen molar-refractivity contribution in [1.29, 1.82) is 0 Å². The van der Waals surface area contributed by atoms with Gasteiger partial charge in [0.05, 0.1) is 17.2 Å². The number of carbonyl (C=O) groups is 3. The Hall–Kier alpha value is -3.72. The lowest BCUT2D eigenvalue weighted by Gasteiger charge is -2.12. The highest BCUT2D eigenvalue weighted by Crippen LogP contribution is 2.38. The zero-order valence-electron chi connectivity index (χ0n) is 29.5. The van der Waals surface area contributed by atoms with Crippen LogP contribution in [0.15, 0.2) is 66.7 Å². The number of carbonyl (C=O) groups excluding carboxylic acids is 3. The maximum atomic E-state index is 13.1. The molecule has 50 heavy (non-hydrogen) atoms. The van der Waals surface area contributed by atoms with E-state index in [1.807, 2.05) is 24.3 Å². The number of fused-ring (bicyclic) bond motifs is 1. The lowest BCUT2D eigenvalue weighted by Crippen LogP contribution is -2.26. The van der Waals surface area contributed by atoms with Crippen LogP contribution in [0.3, 0.4) is 0 Å². The first kappa shape index (κ1) is 39.1. The number of benzene rings is 3. The summed E-state index contributed by atoms with van der Waals surface area (Å²) in [6, 6.07) is 19.5. The summed E-state index contributed by atoms with van der Waals surface area (Å²) in [4.78, 5) is 38.4. The number of hydrogen-bond acceptors (Lipinski definition) is 8. The van der Waals surface area contributed by atoms with Crippen molar-refractivity contribution < 1.29 is 33.3 Å². The van der Waals surface area contributed by atoms with Gasteiger partial charge in [0.25, 0.3) is 0 Å². The van der Waals surface area contributed by atoms with Crippen molar-refractivity contribution >= 4 is 50.9 Å². The Balaban J connectivity index is 1.27. The summed E-state index contributed by atoms with van der Waals surface area (Å²) >= 11 is 7.84. The van der Waals surface area contributed by atoms with Crippen LogP contribution in [0, 0.1) is 0 Å². The van der Waals surface area contributed by atoms with Crippen LogP contribution in [-0.4, -0.2) is 37.2 Å². The number of unbranched alkanes of at least 4 members (excludes halogenated alkanes) is 10. The van der Waals surface area contributed by atoms with E-state index in [0.29, 0.717) is 35.7 Å². The van der Waals surface area contributed by atoms with Gasteiger partial charge >= 0.3 is 17.9 Å². The number of rotatable bonds is 21. The second-order valence-electron chi connectivity index (χ2n) is 12.5. The fourth-order valence-corrected chi connectivity index (χ4v) is 6.81. The fraction of sp³-hybridized carbons (Fsp3) is 0.439. The Kier molecular flexibility index (Phi) is 16.3. The molecule has 0 aliphatic carbocycles. The van der Waals surface area contributed by atoms with E-state index < -0.39 is 18.0 Å². The monoisotopic (exact) mass is 720 g/mol. The van der Waals surface area contributed by atoms with Crippen molar-refractivity contribution in [3.05, 3.63) is 82.2 Å². The molecule has 0 spiro atoms. The van der Waals surface area contributed by atoms with Crippen molar-refractivity contribution in [3.8, 4) is 22.6 Å². The van der Waals surface area contributed by atoms with Crippen molar-refractivity contribution in [2.75, 3.05) is 13.2 Å². The molecule has 9 heteroatoms. The van der Waals surface area contributed by atoms with Crippen LogP contribution in [-0.2, 0) is 14.3 Å². The fourth-order valence-electron chi connectivity index (χ4n) is 5.45. The van der Waals surface area contributed by atoms with Crippen LogP contribution in [0.4, 0.5) is 0 Å². The van der Waals surface area contributed by atoms with E-state index in [1.165, 1.54) is 62.7 Å². The topological polar surface area (TPSA) is 88.1 Å². The van der Waals surface area contributed by atoms with Gasteiger partial charge in [-0.15, -0.1) is 11.3 Å². The number of hydrogen-bond donors (Lipinski definition) is 0. The summed E-state index contributed by atoms with van der Waals surface area (Å²) in [5.41, 5.74) is 2.33. The third-order valence-corrected chi connectivity index (χ3v) is 10.1. The van der Waals surface area contributed by atoms with E-state index in [1.54, 1.807) is 49.4 Å². The molecule has 0 bridgehead atoms. The first-order valence-electron chi connectivity index (χ1n) is 18.0. The summed E-state index contributed by atoms with van der Waals surface area (Å²) in [6.07, 6.45) is 13.0. The molecule has 4 rings (SSSR count). The molecule has 0 fully saturated rings. The van der Waals surface area contributed by atoms with E-state index >= 15 is 0 Å². The SMILES string of the molecule is CCCCCCCCOC(=O)c1ccc(-c2ccc(OC(=O)c3sc4ccc(OC(=O)[C@H](C)OCCCCCCCC)cc4c3Cl)cc2)cc1. The molecule has 0 radical (unpaired) electrons. The minimum Gasteiger partial charge on any atom is -0.462 e. The predicted molar refractivity (Wildman–Crippen MR) is 202 cm³/mol. The highest BCUT2D eigenvalue weighted by Gasteiger charge is 2.21. The van der Waals surface area contributed by atoms with E-state index in [0.717, 1.165) is 41.5 Å². The summed E-state index contributed by atoms with van der Waals surface area (Å²) in [7, 11) is 0. The van der Waals surface area contributed by atoms with Gasteiger partial charge in [0.15, 0.2) is 6.10 Å². The minimum atomic E-state index is -0.695. The molecule has 0 saturated carbocycles. The first-order valence-corrected chi connectivity index (χ1v) is 19.1. The number of halogens is 1. The Morgan fingerprint density at radius 2 is 1.22 bits per heavy atom. The van der Waals surface area contributed by atoms with Crippen LogP contribution < -0.4 is 9.47 Å². The van der Waals surface area contributed by atoms with E-state index in [4.69, 9.17) is 30.5 Å². The standard InChI is InChI=1S/C41H49ClO7S/c1-4-6-8-10-12-14-26-46-29(3)39(43)49-34-24-25-36-35(28-34)37(42)38(50-36)41(45)48-33-22-20-31(21-23-33)30-16-18-32(19-17-30)40(44)47-27-15-13-11-9-7-5-2/h16-25,28-29H,4-15,26-27H2,1-3H3/t29-/m0/s1. The van der Waals surface area contributed by atoms with Crippen molar-refractivity contribution in [2.45, 2.75) is 104 Å². The Bertz CT molecular complexity index is 1660. The zero-order chi connectivity index (χ0) is 35.7. The van der Waals surface area contributed by atoms with Gasteiger partial charge in [0.2, 0.25) is 0 Å². The number of ether oxygens (including phenoxy) is 4. The average Bonchev–Trinajstić information content (AvgIpc) is 3.46. The third-order valence-electron chi connectivity index (χ3n) is 8.45. The summed E-state index contributed by atoms with van der Waals surface area (Å²) in [6.45, 7) is 7.01. The largest absolute Gasteiger partial charge is 0.462 e. The summed E-state index contributed by atoms with van der Waals surface area (Å²) in [5.74, 6) is -0.689. The number of esters is 3. The normalized spacial score (nSPS) is 11.8. The maximum absolute atomic E-state index is 13.1. The highest BCUT2D eigenvalue weighted by atomic mass is 35.5. The van der Waals surface area contributed by atoms with E-state index in [9.17, 15) is 14.4 Å². The molecular weight excluding hydrogens is 672 g/mol. The molecule has 0 unspecified atom stereocenters. The van der Waals surface area contributed by atoms with Crippen molar-refractivity contribution in [3.63, 3.8) is 0 Å². The Labute approximate surface area is 305 Å². The molecule has 1 aromatic heterocycles. The van der Waals surface area contributed by atoms with Crippen molar-refractivity contribution in [1.82, 2.24) is 0 Å². The van der Waals surface area contributed by atoms with Gasteiger partial charge < -0.3 is 18.9 Å². The first-order chi connectivity index (χ1) is 24.3. The second-order valence-corrected chi connectivity index (χ2v) is 13.9. The van der Waals surface area contributed by atoms with Gasteiger partial charge in [-0.25, -0.2) is 14.4 Å². The van der Waals surface area contributed by atoms with Crippen LogP contribution in [0.25, 0.3) is 21.2 Å². The van der Waals surface area contributed by atoms with Crippen molar-refractivity contribution in [2.24, 2.45) is 0 Å². The van der Waals surface area contributed by atoms with Crippen LogP contribution in [0.2, 0.25) is 5.02 Å². The highest BCUT2D eigenvalue weighted by molar-refractivity contribution is 7.21. The lowest BCUT2D eigenvalue weighted by molar-refractivity contribution is -0.146.